The van der Waals surface area contributed by atoms with Gasteiger partial charge in [0.1, 0.15) is 0 Å². The lowest BCUT2D eigenvalue weighted by Crippen LogP contribution is -2.51. The molecule has 51 heavy (non-hydrogen) atoms. The molecule has 0 unspecified atom stereocenters. The van der Waals surface area contributed by atoms with Gasteiger partial charge in [-0.05, 0) is 49.7 Å². The lowest BCUT2D eigenvalue weighted by Gasteiger charge is -2.40. The van der Waals surface area contributed by atoms with Crippen molar-refractivity contribution >= 4 is 34.2 Å². The zero-order valence-corrected chi connectivity index (χ0v) is 31.7. The van der Waals surface area contributed by atoms with Crippen molar-refractivity contribution in [2.45, 2.75) is 133 Å². The first-order valence-electron chi connectivity index (χ1n) is 19.3. The number of carbonyl (C=O) groups is 3. The number of pyridine rings is 1. The van der Waals surface area contributed by atoms with Crippen LogP contribution in [-0.4, -0.2) is 99.0 Å². The van der Waals surface area contributed by atoms with Crippen molar-refractivity contribution < 1.29 is 24.2 Å². The molecule has 5 rings (SSSR count). The van der Waals surface area contributed by atoms with Crippen LogP contribution >= 0.6 is 11.3 Å². The van der Waals surface area contributed by atoms with Crippen molar-refractivity contribution in [3.05, 3.63) is 41.2 Å². The molecule has 2 aromatic heterocycles. The molecule has 0 aliphatic heterocycles. The Morgan fingerprint density at radius 2 is 1.67 bits per heavy atom. The number of nitrogen functional groups attached to an aromatic ring is 1. The number of carbonyl (C=O) groups excluding carboxylic acids is 3. The molecular weight excluding hydrogens is 665 g/mol. The maximum atomic E-state index is 14.3. The molecule has 0 radical (unpaired) electrons. The van der Waals surface area contributed by atoms with Crippen molar-refractivity contribution in [2.75, 3.05) is 39.5 Å². The van der Waals surface area contributed by atoms with E-state index in [-0.39, 0.29) is 49.7 Å². The topological polar surface area (TPSA) is 142 Å². The molecule has 0 saturated heterocycles. The van der Waals surface area contributed by atoms with E-state index in [4.69, 9.17) is 10.5 Å². The molecule has 282 valence electrons. The summed E-state index contributed by atoms with van der Waals surface area (Å²) in [5.74, 6) is 0.377. The minimum absolute atomic E-state index is 0.0179. The summed E-state index contributed by atoms with van der Waals surface area (Å²) in [6.07, 6.45) is 15.9. The predicted molar refractivity (Wildman–Crippen MR) is 200 cm³/mol. The smallest absolute Gasteiger partial charge is 0.241 e. The monoisotopic (exact) mass is 724 g/mol. The van der Waals surface area contributed by atoms with Gasteiger partial charge in [-0.1, -0.05) is 70.3 Å². The number of nitrogens with two attached hydrogens (primary N) is 1. The van der Waals surface area contributed by atoms with Crippen LogP contribution in [0, 0.1) is 11.8 Å². The summed E-state index contributed by atoms with van der Waals surface area (Å²) in [4.78, 5) is 55.9. The Morgan fingerprint density at radius 1 is 0.961 bits per heavy atom. The summed E-state index contributed by atoms with van der Waals surface area (Å²) in [6.45, 7) is 0.953. The number of aliphatic hydroxyl groups excluding tert-OH is 1. The Morgan fingerprint density at radius 3 is 2.31 bits per heavy atom. The van der Waals surface area contributed by atoms with E-state index in [1.807, 2.05) is 23.6 Å². The van der Waals surface area contributed by atoms with Crippen molar-refractivity contribution in [1.29, 1.82) is 0 Å². The molecule has 0 aromatic carbocycles. The van der Waals surface area contributed by atoms with Gasteiger partial charge in [0.15, 0.2) is 5.13 Å². The second-order valence-corrected chi connectivity index (χ2v) is 16.2. The van der Waals surface area contributed by atoms with Crippen LogP contribution < -0.4 is 5.73 Å². The van der Waals surface area contributed by atoms with Crippen molar-refractivity contribution in [1.82, 2.24) is 24.7 Å². The molecule has 3 N–H and O–H groups in total. The summed E-state index contributed by atoms with van der Waals surface area (Å²) in [5.41, 5.74) is 7.08. The zero-order chi connectivity index (χ0) is 36.2. The number of amides is 3. The van der Waals surface area contributed by atoms with E-state index in [9.17, 15) is 19.5 Å². The molecule has 3 amide bonds. The Hall–Kier alpha value is -3.09. The number of likely N-dealkylation sites (N-methyl/N-ethyl adjacent to an activating group) is 1. The second-order valence-electron chi connectivity index (χ2n) is 15.3. The first-order valence-corrected chi connectivity index (χ1v) is 20.2. The summed E-state index contributed by atoms with van der Waals surface area (Å²) in [5, 5.41) is 14.0. The lowest BCUT2D eigenvalue weighted by atomic mass is 9.82. The molecule has 11 nitrogen and oxygen atoms in total. The number of aliphatic hydroxyl groups is 1. The van der Waals surface area contributed by atoms with Crippen LogP contribution in [0.2, 0.25) is 0 Å². The molecule has 3 fully saturated rings. The highest BCUT2D eigenvalue weighted by molar-refractivity contribution is 7.13. The molecular formula is C39H60N6O5S. The highest BCUT2D eigenvalue weighted by Crippen LogP contribution is 2.38. The molecule has 12 heteroatoms. The average Bonchev–Trinajstić information content (AvgIpc) is 3.88. The molecule has 2 heterocycles. The Bertz CT molecular complexity index is 1390. The third-order valence-corrected chi connectivity index (χ3v) is 12.1. The Labute approximate surface area is 308 Å². The summed E-state index contributed by atoms with van der Waals surface area (Å²) in [6, 6.07) is 5.38. The van der Waals surface area contributed by atoms with Gasteiger partial charge >= 0.3 is 0 Å². The van der Waals surface area contributed by atoms with Crippen LogP contribution in [0.4, 0.5) is 5.13 Å². The minimum atomic E-state index is -0.640. The number of ether oxygens (including phenoxy) is 1. The van der Waals surface area contributed by atoms with E-state index in [1.54, 1.807) is 35.1 Å². The highest BCUT2D eigenvalue weighted by atomic mass is 32.1. The van der Waals surface area contributed by atoms with Gasteiger partial charge in [0, 0.05) is 57.2 Å². The van der Waals surface area contributed by atoms with Gasteiger partial charge in [-0.25, -0.2) is 4.98 Å². The SMILES string of the molecule is COC1(CN(CC(=O)N(C)CCc2ccccn2)C(=O)CCC(=O)N(Cc2csc(N)n2)[C@@H](CC2CCCCC2)[C@@H](O)CC2CC2)CCCCC1. The lowest BCUT2D eigenvalue weighted by molar-refractivity contribution is -0.147. The van der Waals surface area contributed by atoms with Crippen molar-refractivity contribution in [3.8, 4) is 0 Å². The number of aromatic nitrogens is 2. The number of rotatable bonds is 19. The number of hydrogen-bond donors (Lipinski definition) is 2. The summed E-state index contributed by atoms with van der Waals surface area (Å²) >= 11 is 1.34. The molecule has 0 spiro atoms. The van der Waals surface area contributed by atoms with Crippen LogP contribution in [0.3, 0.4) is 0 Å². The van der Waals surface area contributed by atoms with Crippen molar-refractivity contribution in [3.63, 3.8) is 0 Å². The highest BCUT2D eigenvalue weighted by Gasteiger charge is 2.38. The van der Waals surface area contributed by atoms with E-state index in [0.717, 1.165) is 69.9 Å². The first kappa shape index (κ1) is 39.1. The van der Waals surface area contributed by atoms with E-state index >= 15 is 0 Å². The van der Waals surface area contributed by atoms with Gasteiger partial charge < -0.3 is 30.3 Å². The molecule has 3 aliphatic rings. The fourth-order valence-electron chi connectivity index (χ4n) is 8.02. The summed E-state index contributed by atoms with van der Waals surface area (Å²) < 4.78 is 6.06. The van der Waals surface area contributed by atoms with Gasteiger partial charge in [0.05, 0.1) is 43.1 Å². The van der Waals surface area contributed by atoms with Crippen LogP contribution in [0.25, 0.3) is 0 Å². The summed E-state index contributed by atoms with van der Waals surface area (Å²) in [7, 11) is 3.45. The third kappa shape index (κ3) is 12.0. The van der Waals surface area contributed by atoms with E-state index in [1.165, 1.54) is 30.6 Å². The molecule has 2 atom stereocenters. The van der Waals surface area contributed by atoms with E-state index in [2.05, 4.69) is 9.97 Å². The zero-order valence-electron chi connectivity index (χ0n) is 30.8. The quantitative estimate of drug-likeness (QED) is 0.191. The first-order chi connectivity index (χ1) is 24.6. The van der Waals surface area contributed by atoms with Crippen LogP contribution in [0.5, 0.6) is 0 Å². The van der Waals surface area contributed by atoms with Crippen LogP contribution in [-0.2, 0) is 32.1 Å². The number of methoxy groups -OCH3 is 1. The maximum Gasteiger partial charge on any atom is 0.241 e. The molecule has 0 bridgehead atoms. The van der Waals surface area contributed by atoms with Gasteiger partial charge in [-0.15, -0.1) is 11.3 Å². The Kier molecular flexibility index (Phi) is 14.7. The van der Waals surface area contributed by atoms with Gasteiger partial charge in [0.2, 0.25) is 17.7 Å². The standard InChI is InChI=1S/C39H60N6O5S/c1-43(22-18-31-13-7-10-21-41-31)37(49)26-44(28-39(50-2)19-8-4-9-20-39)35(47)16-17-36(48)45(25-32-27-51-38(40)42-32)33(34(46)24-30-14-15-30)23-29-11-5-3-6-12-29/h7,10,13,21,27,29-30,33-34,46H,3-6,8-9,11-12,14-20,22-26,28H2,1-2H3,(H2,40,42)/t33-,34-/m0/s1. The Balaban J connectivity index is 1.30. The van der Waals surface area contributed by atoms with Crippen LogP contribution in [0.1, 0.15) is 114 Å². The predicted octanol–water partition coefficient (Wildman–Crippen LogP) is 5.61. The molecule has 2 aromatic rings. The van der Waals surface area contributed by atoms with Gasteiger partial charge in [0.25, 0.3) is 0 Å². The maximum absolute atomic E-state index is 14.3. The third-order valence-electron chi connectivity index (χ3n) is 11.4. The van der Waals surface area contributed by atoms with Crippen LogP contribution in [0.15, 0.2) is 29.8 Å². The number of nitrogens with zero attached hydrogens (tertiary/aromatic N) is 5. The fourth-order valence-corrected chi connectivity index (χ4v) is 8.58. The largest absolute Gasteiger partial charge is 0.391 e. The number of hydrogen-bond acceptors (Lipinski definition) is 9. The second kappa shape index (κ2) is 19.1. The molecule has 3 saturated carbocycles. The van der Waals surface area contributed by atoms with E-state index < -0.39 is 11.7 Å². The van der Waals surface area contributed by atoms with Gasteiger partial charge in [-0.2, -0.15) is 0 Å². The minimum Gasteiger partial charge on any atom is -0.391 e. The van der Waals surface area contributed by atoms with Crippen molar-refractivity contribution in [2.24, 2.45) is 11.8 Å². The van der Waals surface area contributed by atoms with Gasteiger partial charge in [-0.3, -0.25) is 19.4 Å². The normalized spacial score (nSPS) is 18.9. The fraction of sp³-hybridized carbons (Fsp3) is 0.718. The molecule has 3 aliphatic carbocycles. The number of anilines is 1. The van der Waals surface area contributed by atoms with E-state index in [0.29, 0.717) is 48.6 Å². The number of thiazole rings is 1. The average molecular weight is 725 g/mol.